The van der Waals surface area contributed by atoms with E-state index in [1.54, 1.807) is 0 Å². The molecule has 0 N–H and O–H groups in total. The maximum absolute atomic E-state index is 5.17. The van der Waals surface area contributed by atoms with Crippen molar-refractivity contribution < 1.29 is 0 Å². The molecule has 64 heavy (non-hydrogen) atoms. The van der Waals surface area contributed by atoms with Gasteiger partial charge in [-0.05, 0) is 63.7 Å². The van der Waals surface area contributed by atoms with Gasteiger partial charge in [0.05, 0.1) is 0 Å². The first kappa shape index (κ1) is 39.0. The summed E-state index contributed by atoms with van der Waals surface area (Å²) in [5.74, 6) is 3.78. The molecule has 6 nitrogen and oxygen atoms in total. The molecule has 1 aliphatic heterocycles. The van der Waals surface area contributed by atoms with Crippen LogP contribution in [0.15, 0.2) is 216 Å². The normalized spacial score (nSPS) is 12.6. The lowest BCUT2D eigenvalue weighted by atomic mass is 9.77. The summed E-state index contributed by atoms with van der Waals surface area (Å²) in [6.07, 6.45) is 0. The van der Waals surface area contributed by atoms with Crippen molar-refractivity contribution >= 4 is 11.8 Å². The number of nitrogens with zero attached hydrogens (tertiary/aromatic N) is 6. The zero-order valence-electron chi connectivity index (χ0n) is 35.2. The molecule has 0 spiro atoms. The molecule has 0 bridgehead atoms. The standard InChI is InChI=1S/C57H40N6S/c1-57(2)47-29-12-13-30-49(47)64-50-36-46(31-32-48(50)57)56-62-53(39-21-10-5-11-22-39)61-55(63-56)45-28-16-26-43(35-45)41-24-14-23-40(33-41)42-25-15-27-44(34-42)54-59-51(37-17-6-3-7-18-37)58-52(60-54)38-19-8-4-9-20-38/h3-36H,1-2H3. The molecule has 7 heteroatoms. The van der Waals surface area contributed by atoms with Crippen molar-refractivity contribution in [3.8, 4) is 90.6 Å². The van der Waals surface area contributed by atoms with Crippen LogP contribution in [0.3, 0.4) is 0 Å². The van der Waals surface area contributed by atoms with E-state index in [-0.39, 0.29) is 5.41 Å². The van der Waals surface area contributed by atoms with Crippen LogP contribution in [0.4, 0.5) is 0 Å². The molecule has 0 unspecified atom stereocenters. The average Bonchev–Trinajstić information content (AvgIpc) is 3.37. The van der Waals surface area contributed by atoms with Crippen LogP contribution in [0.2, 0.25) is 0 Å². The predicted molar refractivity (Wildman–Crippen MR) is 259 cm³/mol. The van der Waals surface area contributed by atoms with E-state index in [0.717, 1.165) is 55.6 Å². The minimum Gasteiger partial charge on any atom is -0.208 e. The van der Waals surface area contributed by atoms with Crippen molar-refractivity contribution in [2.24, 2.45) is 0 Å². The molecule has 304 valence electrons. The van der Waals surface area contributed by atoms with Crippen molar-refractivity contribution in [1.29, 1.82) is 0 Å². The Morgan fingerprint density at radius 1 is 0.266 bits per heavy atom. The molecule has 0 atom stereocenters. The van der Waals surface area contributed by atoms with Crippen molar-refractivity contribution in [3.63, 3.8) is 0 Å². The highest BCUT2D eigenvalue weighted by Crippen LogP contribution is 2.49. The smallest absolute Gasteiger partial charge is 0.164 e. The van der Waals surface area contributed by atoms with Crippen LogP contribution in [0.1, 0.15) is 25.0 Å². The Morgan fingerprint density at radius 2 is 0.578 bits per heavy atom. The molecule has 2 aromatic heterocycles. The summed E-state index contributed by atoms with van der Waals surface area (Å²) in [7, 11) is 0. The van der Waals surface area contributed by atoms with E-state index in [2.05, 4.69) is 129 Å². The van der Waals surface area contributed by atoms with Crippen LogP contribution in [0, 0.1) is 0 Å². The second-order valence-electron chi connectivity index (χ2n) is 16.4. The quantitative estimate of drug-likeness (QED) is 0.151. The highest BCUT2D eigenvalue weighted by Gasteiger charge is 2.33. The SMILES string of the molecule is CC1(C)c2ccccc2Sc2cc(-c3nc(-c4ccccc4)nc(-c4cccc(-c5cccc(-c6cccc(-c7nc(-c8ccccc8)nc(-c8ccccc8)n7)c6)c5)c4)n3)ccc21. The largest absolute Gasteiger partial charge is 0.208 e. The second kappa shape index (κ2) is 16.4. The summed E-state index contributed by atoms with van der Waals surface area (Å²) in [4.78, 5) is 32.7. The summed E-state index contributed by atoms with van der Waals surface area (Å²) in [5, 5.41) is 0. The molecule has 0 radical (unpaired) electrons. The number of fused-ring (bicyclic) bond motifs is 2. The Hall–Kier alpha value is -7.87. The number of benzene rings is 8. The molecule has 1 aliphatic rings. The number of aromatic nitrogens is 6. The lowest BCUT2D eigenvalue weighted by molar-refractivity contribution is 0.607. The molecular weight excluding hydrogens is 801 g/mol. The van der Waals surface area contributed by atoms with Gasteiger partial charge in [-0.2, -0.15) is 0 Å². The van der Waals surface area contributed by atoms with Crippen molar-refractivity contribution in [3.05, 3.63) is 217 Å². The number of rotatable bonds is 8. The van der Waals surface area contributed by atoms with E-state index in [9.17, 15) is 0 Å². The Balaban J connectivity index is 0.948. The molecule has 3 heterocycles. The van der Waals surface area contributed by atoms with Gasteiger partial charge >= 0.3 is 0 Å². The van der Waals surface area contributed by atoms with Gasteiger partial charge in [0.1, 0.15) is 0 Å². The Labute approximate surface area is 376 Å². The van der Waals surface area contributed by atoms with Crippen LogP contribution >= 0.6 is 11.8 Å². The summed E-state index contributed by atoms with van der Waals surface area (Å²) in [5.41, 5.74) is 12.4. The Kier molecular flexibility index (Phi) is 10.0. The molecule has 10 aromatic rings. The fraction of sp³-hybridized carbons (Fsp3) is 0.0526. The zero-order chi connectivity index (χ0) is 43.0. The molecule has 0 aliphatic carbocycles. The number of hydrogen-bond donors (Lipinski definition) is 0. The monoisotopic (exact) mass is 840 g/mol. The average molecular weight is 841 g/mol. The van der Waals surface area contributed by atoms with Crippen LogP contribution in [-0.4, -0.2) is 29.9 Å². The highest BCUT2D eigenvalue weighted by atomic mass is 32.2. The van der Waals surface area contributed by atoms with Gasteiger partial charge < -0.3 is 0 Å². The van der Waals surface area contributed by atoms with E-state index in [1.165, 1.54) is 20.9 Å². The minimum absolute atomic E-state index is 0.122. The topological polar surface area (TPSA) is 77.3 Å². The van der Waals surface area contributed by atoms with Gasteiger partial charge in [0.25, 0.3) is 0 Å². The number of hydrogen-bond acceptors (Lipinski definition) is 7. The maximum Gasteiger partial charge on any atom is 0.164 e. The van der Waals surface area contributed by atoms with Crippen LogP contribution in [0.5, 0.6) is 0 Å². The summed E-state index contributed by atoms with van der Waals surface area (Å²) in [6.45, 7) is 4.61. The summed E-state index contributed by atoms with van der Waals surface area (Å²) in [6, 6.07) is 71.1. The van der Waals surface area contributed by atoms with Crippen molar-refractivity contribution in [1.82, 2.24) is 29.9 Å². The van der Waals surface area contributed by atoms with Gasteiger partial charge in [-0.15, -0.1) is 0 Å². The Morgan fingerprint density at radius 3 is 1.02 bits per heavy atom. The van der Waals surface area contributed by atoms with Gasteiger partial charge in [-0.3, -0.25) is 0 Å². The molecule has 0 saturated carbocycles. The van der Waals surface area contributed by atoms with E-state index in [0.29, 0.717) is 34.9 Å². The van der Waals surface area contributed by atoms with Crippen LogP contribution in [-0.2, 0) is 5.41 Å². The lowest BCUT2D eigenvalue weighted by Gasteiger charge is -2.34. The van der Waals surface area contributed by atoms with Gasteiger partial charge in [0.15, 0.2) is 34.9 Å². The highest BCUT2D eigenvalue weighted by molar-refractivity contribution is 7.99. The third-order valence-corrected chi connectivity index (χ3v) is 13.0. The van der Waals surface area contributed by atoms with E-state index >= 15 is 0 Å². The molecule has 0 amide bonds. The van der Waals surface area contributed by atoms with Gasteiger partial charge in [-0.1, -0.05) is 202 Å². The van der Waals surface area contributed by atoms with Crippen LogP contribution in [0.25, 0.3) is 90.6 Å². The van der Waals surface area contributed by atoms with Gasteiger partial charge in [0.2, 0.25) is 0 Å². The lowest BCUT2D eigenvalue weighted by Crippen LogP contribution is -2.23. The third kappa shape index (κ3) is 7.56. The molecular formula is C57H40N6S. The zero-order valence-corrected chi connectivity index (χ0v) is 36.0. The molecule has 11 rings (SSSR count). The fourth-order valence-electron chi connectivity index (χ4n) is 8.44. The first-order valence-electron chi connectivity index (χ1n) is 21.4. The van der Waals surface area contributed by atoms with E-state index in [1.807, 2.05) is 103 Å². The van der Waals surface area contributed by atoms with Crippen LogP contribution < -0.4 is 0 Å². The third-order valence-electron chi connectivity index (χ3n) is 11.8. The first-order chi connectivity index (χ1) is 31.4. The molecule has 0 saturated heterocycles. The predicted octanol–water partition coefficient (Wildman–Crippen LogP) is 14.2. The fourth-order valence-corrected chi connectivity index (χ4v) is 9.88. The summed E-state index contributed by atoms with van der Waals surface area (Å²) >= 11 is 1.81. The van der Waals surface area contributed by atoms with Crippen molar-refractivity contribution in [2.75, 3.05) is 0 Å². The second-order valence-corrected chi connectivity index (χ2v) is 17.5. The van der Waals surface area contributed by atoms with E-state index < -0.39 is 0 Å². The maximum atomic E-state index is 5.17. The van der Waals surface area contributed by atoms with Gasteiger partial charge in [-0.25, -0.2) is 29.9 Å². The molecule has 8 aromatic carbocycles. The van der Waals surface area contributed by atoms with E-state index in [4.69, 9.17) is 29.9 Å². The van der Waals surface area contributed by atoms with Crippen molar-refractivity contribution in [2.45, 2.75) is 29.1 Å². The molecule has 0 fully saturated rings. The Bertz CT molecular complexity index is 3280. The van der Waals surface area contributed by atoms with Gasteiger partial charge in [0, 0.05) is 48.6 Å². The minimum atomic E-state index is -0.122. The first-order valence-corrected chi connectivity index (χ1v) is 22.2. The summed E-state index contributed by atoms with van der Waals surface area (Å²) < 4.78 is 0.